The zero-order chi connectivity index (χ0) is 26.3. The second kappa shape index (κ2) is 7.04. The minimum atomic E-state index is -1.05. The van der Waals surface area contributed by atoms with Crippen LogP contribution in [0.4, 0.5) is 0 Å². The van der Waals surface area contributed by atoms with Crippen molar-refractivity contribution in [1.29, 1.82) is 0 Å². The number of hydrogen-bond donors (Lipinski definition) is 2. The van der Waals surface area contributed by atoms with E-state index in [4.69, 9.17) is 0 Å². The fourth-order valence-corrected chi connectivity index (χ4v) is 13.5. The summed E-state index contributed by atoms with van der Waals surface area (Å²) >= 11 is 0. The van der Waals surface area contributed by atoms with E-state index < -0.39 is 11.9 Å². The van der Waals surface area contributed by atoms with Gasteiger partial charge in [0.05, 0.1) is 11.1 Å². The zero-order valence-electron chi connectivity index (χ0n) is 22.8. The van der Waals surface area contributed by atoms with Gasteiger partial charge in [-0.1, -0.05) is 32.0 Å². The lowest BCUT2D eigenvalue weighted by molar-refractivity contribution is -0.245. The van der Waals surface area contributed by atoms with Crippen molar-refractivity contribution in [1.82, 2.24) is 0 Å². The van der Waals surface area contributed by atoms with Gasteiger partial charge in [-0.2, -0.15) is 0 Å². The molecule has 4 heteroatoms. The molecule has 8 fully saturated rings. The number of benzene rings is 2. The van der Waals surface area contributed by atoms with Crippen molar-refractivity contribution in [3.05, 3.63) is 47.0 Å². The van der Waals surface area contributed by atoms with Gasteiger partial charge in [-0.3, -0.25) is 0 Å². The van der Waals surface area contributed by atoms with Crippen LogP contribution in [0.25, 0.3) is 10.8 Å². The molecule has 8 aliphatic carbocycles. The monoisotopic (exact) mass is 512 g/mol. The topological polar surface area (TPSA) is 74.6 Å². The predicted molar refractivity (Wildman–Crippen MR) is 146 cm³/mol. The minimum absolute atomic E-state index is 0.0198. The Morgan fingerprint density at radius 3 is 1.79 bits per heavy atom. The first-order valence-corrected chi connectivity index (χ1v) is 15.0. The number of hydrogen-bond acceptors (Lipinski definition) is 2. The number of carboxylic acids is 2. The Kier molecular flexibility index (Phi) is 4.36. The third-order valence-corrected chi connectivity index (χ3v) is 12.8. The van der Waals surface area contributed by atoms with Gasteiger partial charge in [0.25, 0.3) is 0 Å². The van der Waals surface area contributed by atoms with E-state index in [1.54, 1.807) is 12.1 Å². The summed E-state index contributed by atoms with van der Waals surface area (Å²) in [4.78, 5) is 24.5. The molecule has 8 aliphatic rings. The van der Waals surface area contributed by atoms with E-state index in [2.05, 4.69) is 19.9 Å². The van der Waals surface area contributed by atoms with Crippen LogP contribution in [0.1, 0.15) is 117 Å². The summed E-state index contributed by atoms with van der Waals surface area (Å²) in [5.74, 6) is 0.688. The molecule has 2 aromatic carbocycles. The van der Waals surface area contributed by atoms with E-state index in [-0.39, 0.29) is 27.4 Å². The average molecular weight is 513 g/mol. The highest BCUT2D eigenvalue weighted by Crippen LogP contribution is 2.81. The number of fused-ring (bicyclic) bond motifs is 1. The molecule has 2 unspecified atom stereocenters. The molecule has 0 aliphatic heterocycles. The van der Waals surface area contributed by atoms with E-state index in [9.17, 15) is 19.8 Å². The molecule has 10 rings (SSSR count). The van der Waals surface area contributed by atoms with Crippen molar-refractivity contribution in [2.24, 2.45) is 39.4 Å². The molecule has 2 N–H and O–H groups in total. The highest BCUT2D eigenvalue weighted by Gasteiger charge is 2.72. The molecule has 0 amide bonds. The Labute approximate surface area is 225 Å². The van der Waals surface area contributed by atoms with E-state index in [1.165, 1.54) is 69.8 Å². The maximum atomic E-state index is 12.3. The summed E-state index contributed by atoms with van der Waals surface area (Å²) in [6, 6.07) is 9.20. The lowest BCUT2D eigenvalue weighted by Crippen LogP contribution is -2.68. The van der Waals surface area contributed by atoms with Crippen LogP contribution < -0.4 is 0 Å². The van der Waals surface area contributed by atoms with E-state index in [0.717, 1.165) is 36.0 Å². The van der Waals surface area contributed by atoms with Crippen molar-refractivity contribution < 1.29 is 19.8 Å². The van der Waals surface area contributed by atoms with Crippen LogP contribution in [0.3, 0.4) is 0 Å². The molecule has 200 valence electrons. The second-order valence-electron chi connectivity index (χ2n) is 15.9. The third-order valence-electron chi connectivity index (χ3n) is 12.8. The molecule has 0 spiro atoms. The molecule has 2 atom stereocenters. The van der Waals surface area contributed by atoms with Gasteiger partial charge in [0.15, 0.2) is 0 Å². The van der Waals surface area contributed by atoms with Crippen molar-refractivity contribution >= 4 is 22.7 Å². The van der Waals surface area contributed by atoms with Gasteiger partial charge in [0.1, 0.15) is 0 Å². The van der Waals surface area contributed by atoms with Crippen molar-refractivity contribution in [3.63, 3.8) is 0 Å². The van der Waals surface area contributed by atoms with Crippen molar-refractivity contribution in [3.8, 4) is 0 Å². The van der Waals surface area contributed by atoms with E-state index in [0.29, 0.717) is 16.2 Å². The van der Waals surface area contributed by atoms with Crippen LogP contribution in [0.2, 0.25) is 0 Å². The van der Waals surface area contributed by atoms with Gasteiger partial charge in [0.2, 0.25) is 0 Å². The molecule has 4 nitrogen and oxygen atoms in total. The normalized spacial score (nSPS) is 46.1. The molecule has 38 heavy (non-hydrogen) atoms. The SMILES string of the molecule is CC12CC3(C)CC(c4ccc(C(=O)O)c5c(C(=O)O)cccc45)(C1)CC(C14CC5CC(CC(C5)C1)C4)(C2)C3. The summed E-state index contributed by atoms with van der Waals surface area (Å²) in [5, 5.41) is 21.4. The molecule has 2 aromatic rings. The maximum Gasteiger partial charge on any atom is 0.336 e. The highest BCUT2D eigenvalue weighted by atomic mass is 16.4. The Morgan fingerprint density at radius 1 is 0.684 bits per heavy atom. The lowest BCUT2D eigenvalue weighted by Gasteiger charge is -2.76. The van der Waals surface area contributed by atoms with Crippen molar-refractivity contribution in [2.75, 3.05) is 0 Å². The first-order chi connectivity index (χ1) is 18.0. The Balaban J connectivity index is 1.35. The largest absolute Gasteiger partial charge is 0.478 e. The smallest absolute Gasteiger partial charge is 0.336 e. The van der Waals surface area contributed by atoms with Crippen LogP contribution in [0.15, 0.2) is 30.3 Å². The van der Waals surface area contributed by atoms with Crippen LogP contribution in [-0.4, -0.2) is 22.2 Å². The number of carboxylic acid groups (broad SMARTS) is 2. The summed E-state index contributed by atoms with van der Waals surface area (Å²) in [7, 11) is 0. The zero-order valence-corrected chi connectivity index (χ0v) is 22.8. The van der Waals surface area contributed by atoms with Crippen LogP contribution in [0.5, 0.6) is 0 Å². The lowest BCUT2D eigenvalue weighted by atomic mass is 9.28. The number of rotatable bonds is 4. The molecule has 0 heterocycles. The summed E-state index contributed by atoms with van der Waals surface area (Å²) in [5.41, 5.74) is 2.83. The average Bonchev–Trinajstić information content (AvgIpc) is 2.79. The van der Waals surface area contributed by atoms with Gasteiger partial charge in [-0.05, 0) is 145 Å². The molecule has 8 saturated carbocycles. The third kappa shape index (κ3) is 2.93. The van der Waals surface area contributed by atoms with Gasteiger partial charge in [-0.25, -0.2) is 9.59 Å². The fourth-order valence-electron chi connectivity index (χ4n) is 13.5. The van der Waals surface area contributed by atoms with E-state index in [1.807, 2.05) is 12.1 Å². The summed E-state index contributed by atoms with van der Waals surface area (Å²) in [6.07, 6.45) is 16.2. The molecule has 8 bridgehead atoms. The number of carbonyl (C=O) groups is 2. The number of aromatic carboxylic acids is 2. The fraction of sp³-hybridized carbons (Fsp3) is 0.647. The molecular formula is C34H40O4. The molecular weight excluding hydrogens is 472 g/mol. The first-order valence-electron chi connectivity index (χ1n) is 15.0. The molecule has 0 aromatic heterocycles. The Morgan fingerprint density at radius 2 is 1.24 bits per heavy atom. The van der Waals surface area contributed by atoms with Crippen LogP contribution in [-0.2, 0) is 5.41 Å². The highest BCUT2D eigenvalue weighted by molar-refractivity contribution is 6.13. The van der Waals surface area contributed by atoms with Gasteiger partial charge in [-0.15, -0.1) is 0 Å². The van der Waals surface area contributed by atoms with E-state index >= 15 is 0 Å². The summed E-state index contributed by atoms with van der Waals surface area (Å²) < 4.78 is 0. The first kappa shape index (κ1) is 23.5. The van der Waals surface area contributed by atoms with Crippen LogP contribution in [0, 0.1) is 39.4 Å². The van der Waals surface area contributed by atoms with Crippen LogP contribution >= 0.6 is 0 Å². The second-order valence-corrected chi connectivity index (χ2v) is 15.9. The van der Waals surface area contributed by atoms with Crippen molar-refractivity contribution in [2.45, 2.75) is 96.3 Å². The van der Waals surface area contributed by atoms with Gasteiger partial charge in [0, 0.05) is 5.39 Å². The Hall–Kier alpha value is -2.36. The Bertz CT molecular complexity index is 1340. The van der Waals surface area contributed by atoms with Gasteiger partial charge >= 0.3 is 11.9 Å². The maximum absolute atomic E-state index is 12.3. The molecule has 0 radical (unpaired) electrons. The molecule has 0 saturated heterocycles. The quantitative estimate of drug-likeness (QED) is 0.434. The minimum Gasteiger partial charge on any atom is -0.478 e. The standard InChI is InChI=1S/C34H40O4/c1-30-14-31(2)16-32(15-30,26-7-6-25(29(37)38)27-23(26)4-3-5-24(27)28(35)36)19-34(17-30,18-31)33-11-20-8-21(12-33)10-22(9-20)13-33/h3-7,20-22H,8-19H2,1-2H3,(H,35,36)(H,37,38). The summed E-state index contributed by atoms with van der Waals surface area (Å²) in [6.45, 7) is 5.12. The predicted octanol–water partition coefficient (Wildman–Crippen LogP) is 8.07. The van der Waals surface area contributed by atoms with Gasteiger partial charge < -0.3 is 10.2 Å².